The zero-order valence-electron chi connectivity index (χ0n) is 14.4. The quantitative estimate of drug-likeness (QED) is 0.911. The highest BCUT2D eigenvalue weighted by Gasteiger charge is 2.32. The van der Waals surface area contributed by atoms with E-state index in [4.69, 9.17) is 9.47 Å². The summed E-state index contributed by atoms with van der Waals surface area (Å²) >= 11 is 0. The first-order valence-electron chi connectivity index (χ1n) is 8.29. The van der Waals surface area contributed by atoms with E-state index in [1.165, 1.54) is 5.56 Å². The Kier molecular flexibility index (Phi) is 4.47. The monoisotopic (exact) mass is 325 g/mol. The Morgan fingerprint density at radius 3 is 2.67 bits per heavy atom. The number of benzene rings is 2. The average Bonchev–Trinajstić information content (AvgIpc) is 2.88. The molecule has 2 aromatic rings. The summed E-state index contributed by atoms with van der Waals surface area (Å²) in [7, 11) is 0. The van der Waals surface area contributed by atoms with Crippen molar-refractivity contribution < 1.29 is 14.3 Å². The average molecular weight is 325 g/mol. The molecule has 4 nitrogen and oxygen atoms in total. The summed E-state index contributed by atoms with van der Waals surface area (Å²) in [5, 5.41) is 2.79. The summed E-state index contributed by atoms with van der Waals surface area (Å²) in [6.07, 6.45) is 0.890. The van der Waals surface area contributed by atoms with Crippen molar-refractivity contribution in [1.82, 2.24) is 5.32 Å². The Morgan fingerprint density at radius 1 is 1.21 bits per heavy atom. The third-order valence-corrected chi connectivity index (χ3v) is 4.00. The van der Waals surface area contributed by atoms with Gasteiger partial charge in [-0.2, -0.15) is 0 Å². The van der Waals surface area contributed by atoms with Crippen molar-refractivity contribution in [3.8, 4) is 11.5 Å². The van der Waals surface area contributed by atoms with Gasteiger partial charge in [0.05, 0.1) is 0 Å². The van der Waals surface area contributed by atoms with Crippen LogP contribution >= 0.6 is 0 Å². The van der Waals surface area contributed by atoms with E-state index < -0.39 is 0 Å². The molecule has 0 saturated heterocycles. The topological polar surface area (TPSA) is 47.6 Å². The van der Waals surface area contributed by atoms with Crippen molar-refractivity contribution in [3.05, 3.63) is 59.2 Å². The second-order valence-electron chi connectivity index (χ2n) is 6.63. The van der Waals surface area contributed by atoms with E-state index in [1.54, 1.807) is 0 Å². The van der Waals surface area contributed by atoms with E-state index in [-0.39, 0.29) is 11.5 Å². The van der Waals surface area contributed by atoms with Gasteiger partial charge >= 0.3 is 0 Å². The maximum absolute atomic E-state index is 11.8. The fourth-order valence-corrected chi connectivity index (χ4v) is 2.88. The number of rotatable bonds is 5. The SMILES string of the molecule is CCNC(=O)c1ccc(COc2cccc3c2OC(C)(C)C3)cc1. The van der Waals surface area contributed by atoms with Crippen molar-refractivity contribution in [2.75, 3.05) is 6.54 Å². The smallest absolute Gasteiger partial charge is 0.251 e. The minimum Gasteiger partial charge on any atom is -0.485 e. The largest absolute Gasteiger partial charge is 0.485 e. The molecule has 0 spiro atoms. The van der Waals surface area contributed by atoms with E-state index in [0.717, 1.165) is 23.5 Å². The molecule has 0 fully saturated rings. The standard InChI is InChI=1S/C20H23NO3/c1-4-21-19(22)15-10-8-14(9-11-15)13-23-17-7-5-6-16-12-20(2,3)24-18(16)17/h5-11H,4,12-13H2,1-3H3,(H,21,22). The molecule has 0 unspecified atom stereocenters. The van der Waals surface area contributed by atoms with Crippen LogP contribution in [0.4, 0.5) is 0 Å². The zero-order valence-corrected chi connectivity index (χ0v) is 14.4. The molecule has 1 amide bonds. The lowest BCUT2D eigenvalue weighted by Gasteiger charge is -2.18. The number of carbonyl (C=O) groups is 1. The number of fused-ring (bicyclic) bond motifs is 1. The van der Waals surface area contributed by atoms with Gasteiger partial charge in [0.1, 0.15) is 12.2 Å². The van der Waals surface area contributed by atoms with Crippen molar-refractivity contribution >= 4 is 5.91 Å². The molecule has 3 rings (SSSR count). The fourth-order valence-electron chi connectivity index (χ4n) is 2.88. The molecule has 1 heterocycles. The van der Waals surface area contributed by atoms with Gasteiger partial charge in [0.15, 0.2) is 11.5 Å². The summed E-state index contributed by atoms with van der Waals surface area (Å²) in [5.74, 6) is 1.56. The highest BCUT2D eigenvalue weighted by atomic mass is 16.5. The fraction of sp³-hybridized carbons (Fsp3) is 0.350. The number of carbonyl (C=O) groups excluding carboxylic acids is 1. The van der Waals surface area contributed by atoms with Gasteiger partial charge in [0.25, 0.3) is 5.91 Å². The predicted octanol–water partition coefficient (Wildman–Crippen LogP) is 3.73. The Balaban J connectivity index is 1.67. The summed E-state index contributed by atoms with van der Waals surface area (Å²) < 4.78 is 12.0. The van der Waals surface area contributed by atoms with E-state index in [1.807, 2.05) is 43.3 Å². The second kappa shape index (κ2) is 6.56. The number of amides is 1. The Morgan fingerprint density at radius 2 is 1.96 bits per heavy atom. The van der Waals surface area contributed by atoms with Crippen LogP contribution in [0.1, 0.15) is 42.3 Å². The molecule has 0 atom stereocenters. The molecule has 2 aromatic carbocycles. The van der Waals surface area contributed by atoms with Crippen LogP contribution in [-0.2, 0) is 13.0 Å². The first-order valence-corrected chi connectivity index (χ1v) is 8.29. The molecular formula is C20H23NO3. The van der Waals surface area contributed by atoms with Crippen LogP contribution in [0, 0.1) is 0 Å². The first kappa shape index (κ1) is 16.4. The third kappa shape index (κ3) is 3.53. The molecule has 0 aliphatic carbocycles. The summed E-state index contributed by atoms with van der Waals surface area (Å²) in [6, 6.07) is 13.5. The molecule has 126 valence electrons. The summed E-state index contributed by atoms with van der Waals surface area (Å²) in [6.45, 7) is 7.13. The third-order valence-electron chi connectivity index (χ3n) is 4.00. The minimum atomic E-state index is -0.184. The van der Waals surface area contributed by atoms with Crippen LogP contribution in [0.25, 0.3) is 0 Å². The Hall–Kier alpha value is -2.49. The molecule has 1 aliphatic rings. The van der Waals surface area contributed by atoms with Gasteiger partial charge in [0, 0.05) is 24.1 Å². The van der Waals surface area contributed by atoms with Crippen molar-refractivity contribution in [2.24, 2.45) is 0 Å². The molecular weight excluding hydrogens is 302 g/mol. The number of nitrogens with one attached hydrogen (secondary N) is 1. The van der Waals surface area contributed by atoms with Crippen LogP contribution in [0.5, 0.6) is 11.5 Å². The zero-order chi connectivity index (χ0) is 17.2. The number of para-hydroxylation sites is 1. The van der Waals surface area contributed by atoms with Crippen LogP contribution in [0.3, 0.4) is 0 Å². The van der Waals surface area contributed by atoms with Crippen molar-refractivity contribution in [2.45, 2.75) is 39.4 Å². The van der Waals surface area contributed by atoms with Crippen LogP contribution in [0.2, 0.25) is 0 Å². The summed E-state index contributed by atoms with van der Waals surface area (Å²) in [4.78, 5) is 11.8. The molecule has 0 radical (unpaired) electrons. The Labute approximate surface area is 142 Å². The predicted molar refractivity (Wildman–Crippen MR) is 93.6 cm³/mol. The molecule has 0 aromatic heterocycles. The maximum Gasteiger partial charge on any atom is 0.251 e. The lowest BCUT2D eigenvalue weighted by Crippen LogP contribution is -2.24. The molecule has 4 heteroatoms. The Bertz CT molecular complexity index is 735. The van der Waals surface area contributed by atoms with Gasteiger partial charge in [0.2, 0.25) is 0 Å². The summed E-state index contributed by atoms with van der Waals surface area (Å²) in [5.41, 5.74) is 2.67. The first-order chi connectivity index (χ1) is 11.5. The lowest BCUT2D eigenvalue weighted by molar-refractivity contribution is 0.0955. The minimum absolute atomic E-state index is 0.0542. The molecule has 1 N–H and O–H groups in total. The van der Waals surface area contributed by atoms with E-state index in [0.29, 0.717) is 18.7 Å². The normalized spacial score (nSPS) is 14.6. The molecule has 1 aliphatic heterocycles. The van der Waals surface area contributed by atoms with Crippen LogP contribution in [0.15, 0.2) is 42.5 Å². The van der Waals surface area contributed by atoms with Crippen molar-refractivity contribution in [3.63, 3.8) is 0 Å². The van der Waals surface area contributed by atoms with Gasteiger partial charge in [-0.1, -0.05) is 24.3 Å². The van der Waals surface area contributed by atoms with Gasteiger partial charge in [-0.25, -0.2) is 0 Å². The number of hydrogen-bond acceptors (Lipinski definition) is 3. The van der Waals surface area contributed by atoms with Crippen LogP contribution < -0.4 is 14.8 Å². The number of ether oxygens (including phenoxy) is 2. The van der Waals surface area contributed by atoms with Gasteiger partial charge in [-0.3, -0.25) is 4.79 Å². The maximum atomic E-state index is 11.8. The molecule has 24 heavy (non-hydrogen) atoms. The van der Waals surface area contributed by atoms with Gasteiger partial charge in [-0.05, 0) is 44.5 Å². The van der Waals surface area contributed by atoms with Gasteiger partial charge in [-0.15, -0.1) is 0 Å². The molecule has 0 saturated carbocycles. The highest BCUT2D eigenvalue weighted by Crippen LogP contribution is 2.41. The lowest BCUT2D eigenvalue weighted by atomic mass is 10.0. The molecule has 0 bridgehead atoms. The van der Waals surface area contributed by atoms with E-state index >= 15 is 0 Å². The van der Waals surface area contributed by atoms with E-state index in [2.05, 4.69) is 25.2 Å². The number of hydrogen-bond donors (Lipinski definition) is 1. The second-order valence-corrected chi connectivity index (χ2v) is 6.63. The highest BCUT2D eigenvalue weighted by molar-refractivity contribution is 5.94. The van der Waals surface area contributed by atoms with Crippen LogP contribution in [-0.4, -0.2) is 18.1 Å². The van der Waals surface area contributed by atoms with Gasteiger partial charge < -0.3 is 14.8 Å². The van der Waals surface area contributed by atoms with Crippen molar-refractivity contribution in [1.29, 1.82) is 0 Å². The van der Waals surface area contributed by atoms with E-state index in [9.17, 15) is 4.79 Å².